The van der Waals surface area contributed by atoms with E-state index in [1.165, 1.54) is 23.1 Å². The van der Waals surface area contributed by atoms with Crippen molar-refractivity contribution in [3.63, 3.8) is 0 Å². The van der Waals surface area contributed by atoms with E-state index in [-0.39, 0.29) is 30.1 Å². The van der Waals surface area contributed by atoms with Gasteiger partial charge in [-0.25, -0.2) is 14.4 Å². The van der Waals surface area contributed by atoms with Gasteiger partial charge in [0.15, 0.2) is 6.17 Å². The van der Waals surface area contributed by atoms with E-state index in [0.717, 1.165) is 45.1 Å². The fourth-order valence-corrected chi connectivity index (χ4v) is 6.51. The molecule has 0 spiro atoms. The van der Waals surface area contributed by atoms with Crippen LogP contribution in [0.15, 0.2) is 66.8 Å². The predicted molar refractivity (Wildman–Crippen MR) is 181 cm³/mol. The number of halogens is 1. The van der Waals surface area contributed by atoms with Crippen LogP contribution in [-0.2, 0) is 9.53 Å². The zero-order valence-corrected chi connectivity index (χ0v) is 27.5. The van der Waals surface area contributed by atoms with E-state index in [1.807, 2.05) is 32.0 Å². The largest absolute Gasteiger partial charge is 0.485 e. The molecule has 0 aliphatic carbocycles. The lowest BCUT2D eigenvalue weighted by atomic mass is 9.80. The van der Waals surface area contributed by atoms with Crippen molar-refractivity contribution in [1.29, 1.82) is 5.26 Å². The lowest BCUT2D eigenvalue weighted by molar-refractivity contribution is -0.138. The van der Waals surface area contributed by atoms with Gasteiger partial charge in [-0.1, -0.05) is 13.8 Å². The van der Waals surface area contributed by atoms with Crippen LogP contribution in [0.3, 0.4) is 0 Å². The van der Waals surface area contributed by atoms with E-state index < -0.39 is 23.6 Å². The van der Waals surface area contributed by atoms with Gasteiger partial charge < -0.3 is 35.6 Å². The number of ether oxygens (including phenoxy) is 2. The molecule has 4 heterocycles. The number of benzene rings is 2. The van der Waals surface area contributed by atoms with Gasteiger partial charge >= 0.3 is 0 Å². The third-order valence-electron chi connectivity index (χ3n) is 9.20. The number of aromatic nitrogens is 2. The van der Waals surface area contributed by atoms with Gasteiger partial charge in [0.25, 0.3) is 5.91 Å². The van der Waals surface area contributed by atoms with Gasteiger partial charge in [-0.2, -0.15) is 5.26 Å². The Morgan fingerprint density at radius 1 is 1.12 bits per heavy atom. The van der Waals surface area contributed by atoms with Gasteiger partial charge in [-0.3, -0.25) is 9.69 Å². The minimum atomic E-state index is -1.49. The third-order valence-corrected chi connectivity index (χ3v) is 9.20. The van der Waals surface area contributed by atoms with Crippen molar-refractivity contribution in [2.45, 2.75) is 32.2 Å². The number of piperidine rings is 1. The van der Waals surface area contributed by atoms with E-state index in [4.69, 9.17) is 15.2 Å². The maximum Gasteiger partial charge on any atom is 0.271 e. The van der Waals surface area contributed by atoms with E-state index in [1.54, 1.807) is 25.2 Å². The number of anilines is 3. The van der Waals surface area contributed by atoms with Crippen LogP contribution < -0.4 is 26.0 Å². The Bertz CT molecular complexity index is 1680. The van der Waals surface area contributed by atoms with Crippen LogP contribution >= 0.6 is 0 Å². The van der Waals surface area contributed by atoms with Gasteiger partial charge in [-0.15, -0.1) is 0 Å². The number of nitrogens with zero attached hydrogens (tertiary/aromatic N) is 6. The Morgan fingerprint density at radius 2 is 1.88 bits per heavy atom. The predicted octanol–water partition coefficient (Wildman–Crippen LogP) is 3.25. The molecule has 0 radical (unpaired) electrons. The number of carbonyl (C=O) groups is 1. The molecule has 3 fully saturated rings. The fourth-order valence-electron chi connectivity index (χ4n) is 6.51. The Kier molecular flexibility index (Phi) is 9.66. The van der Waals surface area contributed by atoms with Crippen LogP contribution in [-0.4, -0.2) is 104 Å². The number of alkyl halides is 1. The number of piperazine rings is 1. The highest BCUT2D eigenvalue weighted by atomic mass is 19.1. The average Bonchev–Trinajstić information content (AvgIpc) is 3.06. The van der Waals surface area contributed by atoms with Crippen molar-refractivity contribution in [2.75, 3.05) is 69.7 Å². The van der Waals surface area contributed by atoms with E-state index in [0.29, 0.717) is 23.1 Å². The average molecular weight is 656 g/mol. The first-order chi connectivity index (χ1) is 23.1. The molecule has 3 aliphatic heterocycles. The van der Waals surface area contributed by atoms with Gasteiger partial charge in [0.05, 0.1) is 37.1 Å². The summed E-state index contributed by atoms with van der Waals surface area (Å²) in [5.41, 5.74) is 8.73. The van der Waals surface area contributed by atoms with Crippen LogP contribution in [0.4, 0.5) is 21.6 Å². The first-order valence-corrected chi connectivity index (χ1v) is 16.2. The Hall–Kier alpha value is -4.93. The van der Waals surface area contributed by atoms with Gasteiger partial charge in [0.1, 0.15) is 35.8 Å². The summed E-state index contributed by atoms with van der Waals surface area (Å²) in [7, 11) is 1.63. The second-order valence-corrected chi connectivity index (χ2v) is 13.1. The Balaban J connectivity index is 1.10. The normalized spacial score (nSPS) is 21.6. The van der Waals surface area contributed by atoms with Crippen LogP contribution in [0.1, 0.15) is 19.4 Å². The number of nitrogens with one attached hydrogen (secondary N) is 2. The maximum atomic E-state index is 15.6. The molecule has 2 aromatic carbocycles. The SMILES string of the molecule is CN/C=C(\N)C(=O)N1C[C@@H](F)[C@@H](Oc2ccc(-c3cc(Nc4ccc(N5CCN(C6COC6)CC5)cc4)ncn3)cc2C#N)C(C)(C)C1. The zero-order valence-electron chi connectivity index (χ0n) is 27.5. The molecule has 0 bridgehead atoms. The first-order valence-electron chi connectivity index (χ1n) is 16.2. The molecular weight excluding hydrogens is 613 g/mol. The highest BCUT2D eigenvalue weighted by molar-refractivity contribution is 5.92. The number of likely N-dealkylation sites (tertiary alicyclic amines) is 1. The third kappa shape index (κ3) is 7.14. The number of hydrogen-bond acceptors (Lipinski definition) is 11. The van der Waals surface area contributed by atoms with E-state index in [9.17, 15) is 10.1 Å². The highest BCUT2D eigenvalue weighted by Crippen LogP contribution is 2.37. The number of amides is 1. The number of rotatable bonds is 9. The van der Waals surface area contributed by atoms with Gasteiger partial charge in [-0.05, 0) is 42.5 Å². The molecular formula is C35H42FN9O3. The van der Waals surface area contributed by atoms with E-state index in [2.05, 4.69) is 48.6 Å². The lowest BCUT2D eigenvalue weighted by Crippen LogP contribution is -2.59. The molecule has 48 heavy (non-hydrogen) atoms. The molecule has 3 aromatic rings. The lowest BCUT2D eigenvalue weighted by Gasteiger charge is -2.45. The summed E-state index contributed by atoms with van der Waals surface area (Å²) in [6.45, 7) is 9.49. The maximum absolute atomic E-state index is 15.6. The number of hydrogen-bond donors (Lipinski definition) is 3. The van der Waals surface area contributed by atoms with Crippen LogP contribution in [0, 0.1) is 16.7 Å². The molecule has 12 nitrogen and oxygen atoms in total. The molecule has 13 heteroatoms. The summed E-state index contributed by atoms with van der Waals surface area (Å²) in [6.07, 6.45) is 0.477. The molecule has 0 saturated carbocycles. The molecule has 1 aromatic heterocycles. The minimum absolute atomic E-state index is 0.00307. The summed E-state index contributed by atoms with van der Waals surface area (Å²) in [5.74, 6) is 0.430. The first kappa shape index (κ1) is 33.0. The molecule has 6 rings (SSSR count). The van der Waals surface area contributed by atoms with Crippen LogP contribution in [0.2, 0.25) is 0 Å². The smallest absolute Gasteiger partial charge is 0.271 e. The standard InChI is InChI=1S/C35H42FN9O3/c1-35(2)21-45(34(46)29(38)17-39-3)18-28(36)33(35)48-31-9-4-23(14-24(31)16-37)30-15-32(41-22-40-30)42-25-5-7-26(8-6-25)43-10-12-44(13-11-43)27-19-47-20-27/h4-9,14-15,17,22,27-28,33,39H,10-13,18-21,38H2,1-3H3,(H,40,41,42)/b29-17-/t28-,33-/m1/s1. The number of nitrogens with two attached hydrogens (primary N) is 1. The van der Waals surface area contributed by atoms with Crippen LogP contribution in [0.25, 0.3) is 11.3 Å². The molecule has 3 saturated heterocycles. The number of nitriles is 1. The summed E-state index contributed by atoms with van der Waals surface area (Å²) in [4.78, 5) is 27.8. The van der Waals surface area contributed by atoms with Crippen molar-refractivity contribution in [2.24, 2.45) is 11.1 Å². The van der Waals surface area contributed by atoms with Crippen LogP contribution in [0.5, 0.6) is 5.75 Å². The number of carbonyl (C=O) groups excluding carboxylic acids is 1. The summed E-state index contributed by atoms with van der Waals surface area (Å²) in [5, 5.41) is 16.1. The Labute approximate surface area is 280 Å². The Morgan fingerprint density at radius 3 is 2.52 bits per heavy atom. The van der Waals surface area contributed by atoms with E-state index >= 15 is 4.39 Å². The molecule has 2 atom stereocenters. The topological polar surface area (TPSA) is 145 Å². The summed E-state index contributed by atoms with van der Waals surface area (Å²) < 4.78 is 27.1. The molecule has 1 amide bonds. The molecule has 0 unspecified atom stereocenters. The summed E-state index contributed by atoms with van der Waals surface area (Å²) >= 11 is 0. The quantitative estimate of drug-likeness (QED) is 0.292. The molecule has 4 N–H and O–H groups in total. The van der Waals surface area contributed by atoms with Crippen molar-refractivity contribution < 1.29 is 18.7 Å². The monoisotopic (exact) mass is 655 g/mol. The summed E-state index contributed by atoms with van der Waals surface area (Å²) in [6, 6.07) is 18.0. The second kappa shape index (κ2) is 14.0. The van der Waals surface area contributed by atoms with Crippen molar-refractivity contribution in [3.05, 3.63) is 72.3 Å². The highest BCUT2D eigenvalue weighted by Gasteiger charge is 2.46. The van der Waals surface area contributed by atoms with Crippen molar-refractivity contribution in [1.82, 2.24) is 25.1 Å². The minimum Gasteiger partial charge on any atom is -0.485 e. The molecule has 3 aliphatic rings. The van der Waals surface area contributed by atoms with Gasteiger partial charge in [0.2, 0.25) is 0 Å². The van der Waals surface area contributed by atoms with Gasteiger partial charge in [0, 0.05) is 74.4 Å². The van der Waals surface area contributed by atoms with Crippen molar-refractivity contribution in [3.8, 4) is 23.1 Å². The van der Waals surface area contributed by atoms with Crippen molar-refractivity contribution >= 4 is 23.1 Å². The second-order valence-electron chi connectivity index (χ2n) is 13.1. The molecule has 252 valence electrons. The fraction of sp³-hybridized carbons (Fsp3) is 0.429. The zero-order chi connectivity index (χ0) is 33.8.